The van der Waals surface area contributed by atoms with Gasteiger partial charge in [-0.3, -0.25) is 4.79 Å². The number of hydrogen-bond acceptors (Lipinski definition) is 3. The first kappa shape index (κ1) is 18.0. The van der Waals surface area contributed by atoms with Crippen LogP contribution in [-0.2, 0) is 0 Å². The molecule has 0 bridgehead atoms. The molecule has 0 amide bonds. The van der Waals surface area contributed by atoms with Crippen LogP contribution >= 0.6 is 0 Å². The van der Waals surface area contributed by atoms with Crippen molar-refractivity contribution < 1.29 is 4.39 Å². The molecule has 1 fully saturated rings. The summed E-state index contributed by atoms with van der Waals surface area (Å²) < 4.78 is 17.0. The maximum atomic E-state index is 13.3. The normalized spacial score (nSPS) is 19.8. The highest BCUT2D eigenvalue weighted by atomic mass is 19.1. The van der Waals surface area contributed by atoms with Gasteiger partial charge in [-0.15, -0.1) is 0 Å². The average molecular weight is 390 g/mol. The first-order chi connectivity index (χ1) is 14.0. The van der Waals surface area contributed by atoms with E-state index in [2.05, 4.69) is 17.0 Å². The maximum Gasteiger partial charge on any atom is 0.261 e. The lowest BCUT2D eigenvalue weighted by atomic mass is 9.85. The van der Waals surface area contributed by atoms with Crippen LogP contribution in [0.1, 0.15) is 44.3 Å². The fraction of sp³-hybridized carbons (Fsp3) is 0.348. The summed E-state index contributed by atoms with van der Waals surface area (Å²) in [5, 5.41) is 5.23. The van der Waals surface area contributed by atoms with Gasteiger partial charge in [0.2, 0.25) is 0 Å². The highest BCUT2D eigenvalue weighted by Gasteiger charge is 2.24. The van der Waals surface area contributed by atoms with Gasteiger partial charge in [-0.2, -0.15) is 5.10 Å². The Labute approximate surface area is 167 Å². The zero-order valence-corrected chi connectivity index (χ0v) is 16.6. The van der Waals surface area contributed by atoms with E-state index in [-0.39, 0.29) is 17.4 Å². The summed E-state index contributed by atoms with van der Waals surface area (Å²) in [6.07, 6.45) is 8.16. The van der Waals surface area contributed by atoms with E-state index in [0.717, 1.165) is 41.6 Å². The van der Waals surface area contributed by atoms with E-state index >= 15 is 0 Å². The number of pyridine rings is 1. The molecule has 1 aromatic carbocycles. The molecule has 3 aromatic heterocycles. The SMILES string of the molecule is Cc1nn2c(ncc3c(=O)n([C@@H]4CCCC[C@H]4C)ccc32)c1-c1ccc(F)cc1. The van der Waals surface area contributed by atoms with E-state index < -0.39 is 0 Å². The highest BCUT2D eigenvalue weighted by Crippen LogP contribution is 2.33. The van der Waals surface area contributed by atoms with Crippen LogP contribution in [0.15, 0.2) is 47.5 Å². The van der Waals surface area contributed by atoms with Crippen LogP contribution < -0.4 is 5.56 Å². The predicted octanol–water partition coefficient (Wildman–Crippen LogP) is 4.91. The smallest absolute Gasteiger partial charge is 0.261 e. The number of benzene rings is 1. The zero-order valence-electron chi connectivity index (χ0n) is 16.6. The van der Waals surface area contributed by atoms with E-state index in [1.165, 1.54) is 18.6 Å². The monoisotopic (exact) mass is 390 g/mol. The quantitative estimate of drug-likeness (QED) is 0.489. The number of rotatable bonds is 2. The molecule has 2 atom stereocenters. The first-order valence-corrected chi connectivity index (χ1v) is 10.2. The first-order valence-electron chi connectivity index (χ1n) is 10.2. The van der Waals surface area contributed by atoms with E-state index in [0.29, 0.717) is 17.0 Å². The molecular weight excluding hydrogens is 367 g/mol. The van der Waals surface area contributed by atoms with Crippen LogP contribution in [0.25, 0.3) is 27.7 Å². The number of nitrogens with zero attached hydrogens (tertiary/aromatic N) is 4. The molecule has 1 saturated carbocycles. The molecule has 0 N–H and O–H groups in total. The van der Waals surface area contributed by atoms with Crippen LogP contribution in [0.5, 0.6) is 0 Å². The molecule has 4 aromatic rings. The number of hydrogen-bond donors (Lipinski definition) is 0. The Morgan fingerprint density at radius 3 is 2.62 bits per heavy atom. The van der Waals surface area contributed by atoms with Crippen molar-refractivity contribution in [3.05, 3.63) is 64.6 Å². The van der Waals surface area contributed by atoms with E-state index in [1.807, 2.05) is 23.8 Å². The van der Waals surface area contributed by atoms with Gasteiger partial charge in [0, 0.05) is 24.0 Å². The van der Waals surface area contributed by atoms with Crippen molar-refractivity contribution in [2.24, 2.45) is 5.92 Å². The van der Waals surface area contributed by atoms with Gasteiger partial charge in [-0.1, -0.05) is 31.9 Å². The molecular formula is C23H23FN4O. The second kappa shape index (κ2) is 6.79. The Bertz CT molecular complexity index is 1270. The largest absolute Gasteiger partial charge is 0.312 e. The molecule has 5 nitrogen and oxygen atoms in total. The molecule has 0 saturated heterocycles. The van der Waals surface area contributed by atoms with Crippen molar-refractivity contribution in [2.45, 2.75) is 45.6 Å². The summed E-state index contributed by atoms with van der Waals surface area (Å²) in [6.45, 7) is 4.14. The van der Waals surface area contributed by atoms with Gasteiger partial charge in [0.05, 0.1) is 16.6 Å². The van der Waals surface area contributed by atoms with Crippen molar-refractivity contribution in [3.8, 4) is 11.1 Å². The maximum absolute atomic E-state index is 13.3. The average Bonchev–Trinajstić information content (AvgIpc) is 3.06. The zero-order chi connectivity index (χ0) is 20.1. The molecule has 0 spiro atoms. The van der Waals surface area contributed by atoms with Crippen LogP contribution in [-0.4, -0.2) is 19.2 Å². The number of aromatic nitrogens is 4. The number of halogens is 1. The molecule has 0 unspecified atom stereocenters. The second-order valence-corrected chi connectivity index (χ2v) is 8.12. The second-order valence-electron chi connectivity index (χ2n) is 8.12. The van der Waals surface area contributed by atoms with E-state index in [9.17, 15) is 9.18 Å². The highest BCUT2D eigenvalue weighted by molar-refractivity contribution is 5.86. The summed E-state index contributed by atoms with van der Waals surface area (Å²) >= 11 is 0. The lowest BCUT2D eigenvalue weighted by Crippen LogP contribution is -2.30. The third kappa shape index (κ3) is 2.85. The molecule has 1 aliphatic carbocycles. The Kier molecular flexibility index (Phi) is 4.23. The molecule has 0 aliphatic heterocycles. The van der Waals surface area contributed by atoms with Gasteiger partial charge >= 0.3 is 0 Å². The minimum absolute atomic E-state index is 0.00728. The molecule has 148 valence electrons. The van der Waals surface area contributed by atoms with Crippen LogP contribution in [0, 0.1) is 18.7 Å². The molecule has 5 rings (SSSR count). The van der Waals surface area contributed by atoms with E-state index in [4.69, 9.17) is 0 Å². The van der Waals surface area contributed by atoms with Gasteiger partial charge < -0.3 is 4.57 Å². The van der Waals surface area contributed by atoms with Crippen molar-refractivity contribution in [1.82, 2.24) is 19.2 Å². The lowest BCUT2D eigenvalue weighted by Gasteiger charge is -2.30. The van der Waals surface area contributed by atoms with Gasteiger partial charge in [-0.25, -0.2) is 13.9 Å². The molecule has 0 radical (unpaired) electrons. The van der Waals surface area contributed by atoms with Crippen LogP contribution in [0.3, 0.4) is 0 Å². The van der Waals surface area contributed by atoms with Gasteiger partial charge in [0.15, 0.2) is 5.65 Å². The van der Waals surface area contributed by atoms with E-state index in [1.54, 1.807) is 22.8 Å². The predicted molar refractivity (Wildman–Crippen MR) is 112 cm³/mol. The lowest BCUT2D eigenvalue weighted by molar-refractivity contribution is 0.253. The summed E-state index contributed by atoms with van der Waals surface area (Å²) in [5.74, 6) is 0.214. The van der Waals surface area contributed by atoms with Crippen LogP contribution in [0.2, 0.25) is 0 Å². The molecule has 3 heterocycles. The minimum Gasteiger partial charge on any atom is -0.312 e. The Hall–Kier alpha value is -3.02. The Morgan fingerprint density at radius 2 is 1.86 bits per heavy atom. The van der Waals surface area contributed by atoms with Gasteiger partial charge in [0.25, 0.3) is 5.56 Å². The third-order valence-corrected chi connectivity index (χ3v) is 6.27. The van der Waals surface area contributed by atoms with Crippen molar-refractivity contribution in [1.29, 1.82) is 0 Å². The van der Waals surface area contributed by atoms with Gasteiger partial charge in [0.1, 0.15) is 5.82 Å². The van der Waals surface area contributed by atoms with Crippen LogP contribution in [0.4, 0.5) is 4.39 Å². The van der Waals surface area contributed by atoms with Crippen molar-refractivity contribution in [2.75, 3.05) is 0 Å². The summed E-state index contributed by atoms with van der Waals surface area (Å²) in [6, 6.07) is 8.53. The summed E-state index contributed by atoms with van der Waals surface area (Å²) in [4.78, 5) is 17.8. The molecule has 1 aliphatic rings. The standard InChI is InChI=1S/C23H23FN4O/c1-14-5-3-4-6-19(14)27-12-11-20-18(23(27)29)13-25-22-21(15(2)26-28(20)22)16-7-9-17(24)10-8-16/h7-14,19H,3-6H2,1-2H3/t14-,19-/m1/s1. The third-order valence-electron chi connectivity index (χ3n) is 6.27. The number of aryl methyl sites for hydroxylation is 1. The van der Waals surface area contributed by atoms with Crippen molar-refractivity contribution >= 4 is 16.6 Å². The fourth-order valence-electron chi connectivity index (χ4n) is 4.72. The number of fused-ring (bicyclic) bond motifs is 3. The van der Waals surface area contributed by atoms with Crippen molar-refractivity contribution in [3.63, 3.8) is 0 Å². The Morgan fingerprint density at radius 1 is 1.10 bits per heavy atom. The fourth-order valence-corrected chi connectivity index (χ4v) is 4.72. The summed E-state index contributed by atoms with van der Waals surface area (Å²) in [5.41, 5.74) is 3.92. The Balaban J connectivity index is 1.70. The topological polar surface area (TPSA) is 52.2 Å². The summed E-state index contributed by atoms with van der Waals surface area (Å²) in [7, 11) is 0. The molecule has 29 heavy (non-hydrogen) atoms. The molecule has 6 heteroatoms. The van der Waals surface area contributed by atoms with Gasteiger partial charge in [-0.05, 0) is 49.4 Å². The minimum atomic E-state index is -0.279.